The number of aromatic nitrogens is 2. The lowest BCUT2D eigenvalue weighted by Crippen LogP contribution is -2.43. The van der Waals surface area contributed by atoms with Crippen molar-refractivity contribution in [1.29, 1.82) is 0 Å². The number of amides is 1. The highest BCUT2D eigenvalue weighted by atomic mass is 35.5. The SMILES string of the molecule is CSc1cccc(-c2nnc(NC(=O)C3CCCN(S(=O)(=O)c4ccc(Cl)s4)C3)o2)c1. The summed E-state index contributed by atoms with van der Waals surface area (Å²) in [6.45, 7) is 0.443. The lowest BCUT2D eigenvalue weighted by atomic mass is 9.99. The summed E-state index contributed by atoms with van der Waals surface area (Å²) in [5, 5.41) is 10.5. The van der Waals surface area contributed by atoms with Crippen LogP contribution in [0.5, 0.6) is 0 Å². The Morgan fingerprint density at radius 2 is 2.16 bits per heavy atom. The smallest absolute Gasteiger partial charge is 0.322 e. The number of hydrogen-bond acceptors (Lipinski definition) is 8. The average Bonchev–Trinajstić information content (AvgIpc) is 3.43. The summed E-state index contributed by atoms with van der Waals surface area (Å²) in [5.74, 6) is -0.570. The quantitative estimate of drug-likeness (QED) is 0.507. The molecule has 1 aromatic carbocycles. The van der Waals surface area contributed by atoms with E-state index in [0.717, 1.165) is 21.8 Å². The highest BCUT2D eigenvalue weighted by Gasteiger charge is 2.34. The molecule has 4 rings (SSSR count). The van der Waals surface area contributed by atoms with Gasteiger partial charge in [0, 0.05) is 23.5 Å². The lowest BCUT2D eigenvalue weighted by molar-refractivity contribution is -0.121. The van der Waals surface area contributed by atoms with Gasteiger partial charge in [0.25, 0.3) is 10.0 Å². The Bertz CT molecular complexity index is 1190. The number of carbonyl (C=O) groups is 1. The first-order valence-electron chi connectivity index (χ1n) is 9.41. The van der Waals surface area contributed by atoms with Crippen LogP contribution in [0.15, 0.2) is 49.9 Å². The van der Waals surface area contributed by atoms with Crippen molar-refractivity contribution in [1.82, 2.24) is 14.5 Å². The van der Waals surface area contributed by atoms with E-state index < -0.39 is 15.9 Å². The number of halogens is 1. The molecule has 31 heavy (non-hydrogen) atoms. The Labute approximate surface area is 193 Å². The first-order chi connectivity index (χ1) is 14.9. The monoisotopic (exact) mass is 498 g/mol. The van der Waals surface area contributed by atoms with E-state index >= 15 is 0 Å². The molecule has 3 heterocycles. The minimum atomic E-state index is -3.69. The predicted molar refractivity (Wildman–Crippen MR) is 121 cm³/mol. The van der Waals surface area contributed by atoms with Crippen LogP contribution in [-0.4, -0.2) is 48.2 Å². The molecule has 0 spiro atoms. The normalized spacial score (nSPS) is 17.5. The van der Waals surface area contributed by atoms with Crippen LogP contribution in [0.2, 0.25) is 4.34 Å². The Kier molecular flexibility index (Phi) is 6.68. The van der Waals surface area contributed by atoms with Gasteiger partial charge >= 0.3 is 6.01 Å². The van der Waals surface area contributed by atoms with Crippen molar-refractivity contribution >= 4 is 56.6 Å². The Hall–Kier alpha value is -1.92. The summed E-state index contributed by atoms with van der Waals surface area (Å²) >= 11 is 8.48. The summed E-state index contributed by atoms with van der Waals surface area (Å²) in [4.78, 5) is 13.8. The molecule has 1 amide bonds. The van der Waals surface area contributed by atoms with E-state index in [-0.39, 0.29) is 22.7 Å². The molecule has 1 unspecified atom stereocenters. The first-order valence-corrected chi connectivity index (χ1v) is 13.3. The van der Waals surface area contributed by atoms with Gasteiger partial charge in [-0.1, -0.05) is 22.8 Å². The number of benzene rings is 1. The predicted octanol–water partition coefficient (Wildman–Crippen LogP) is 4.21. The number of thiophene rings is 1. The zero-order valence-corrected chi connectivity index (χ0v) is 19.7. The van der Waals surface area contributed by atoms with E-state index in [1.807, 2.05) is 30.5 Å². The highest BCUT2D eigenvalue weighted by molar-refractivity contribution is 7.98. The average molecular weight is 499 g/mol. The Balaban J connectivity index is 1.43. The van der Waals surface area contributed by atoms with Crippen LogP contribution in [0.3, 0.4) is 0 Å². The van der Waals surface area contributed by atoms with Crippen molar-refractivity contribution in [3.8, 4) is 11.5 Å². The minimum Gasteiger partial charge on any atom is -0.403 e. The molecule has 12 heteroatoms. The van der Waals surface area contributed by atoms with Gasteiger partial charge in [-0.05, 0) is 49.4 Å². The number of thioether (sulfide) groups is 1. The highest BCUT2D eigenvalue weighted by Crippen LogP contribution is 2.31. The van der Waals surface area contributed by atoms with Gasteiger partial charge in [-0.2, -0.15) is 4.31 Å². The summed E-state index contributed by atoms with van der Waals surface area (Å²) in [6.07, 6.45) is 3.12. The molecule has 1 N–H and O–H groups in total. The number of rotatable bonds is 6. The number of piperidine rings is 1. The largest absolute Gasteiger partial charge is 0.403 e. The zero-order chi connectivity index (χ0) is 22.0. The van der Waals surface area contributed by atoms with Gasteiger partial charge in [0.05, 0.1) is 10.3 Å². The van der Waals surface area contributed by atoms with Crippen molar-refractivity contribution in [3.05, 3.63) is 40.7 Å². The van der Waals surface area contributed by atoms with Crippen LogP contribution in [0.25, 0.3) is 11.5 Å². The minimum absolute atomic E-state index is 0.0143. The van der Waals surface area contributed by atoms with Gasteiger partial charge in [-0.15, -0.1) is 28.2 Å². The molecular formula is C19H19ClN4O4S3. The van der Waals surface area contributed by atoms with E-state index in [9.17, 15) is 13.2 Å². The molecule has 0 bridgehead atoms. The van der Waals surface area contributed by atoms with E-state index in [1.165, 1.54) is 10.4 Å². The number of hydrogen-bond donors (Lipinski definition) is 1. The zero-order valence-electron chi connectivity index (χ0n) is 16.4. The third-order valence-electron chi connectivity index (χ3n) is 4.87. The molecule has 1 aliphatic heterocycles. The fourth-order valence-corrected chi connectivity index (χ4v) is 6.91. The van der Waals surface area contributed by atoms with Crippen molar-refractivity contribution in [2.24, 2.45) is 5.92 Å². The number of sulfonamides is 1. The van der Waals surface area contributed by atoms with Gasteiger partial charge < -0.3 is 4.42 Å². The van der Waals surface area contributed by atoms with Crippen LogP contribution < -0.4 is 5.32 Å². The molecule has 2 aromatic heterocycles. The first kappa shape index (κ1) is 22.3. The fourth-order valence-electron chi connectivity index (χ4n) is 3.29. The van der Waals surface area contributed by atoms with E-state index in [0.29, 0.717) is 29.6 Å². The van der Waals surface area contributed by atoms with E-state index in [1.54, 1.807) is 17.8 Å². The van der Waals surface area contributed by atoms with Gasteiger partial charge in [0.15, 0.2) is 0 Å². The molecule has 8 nitrogen and oxygen atoms in total. The third-order valence-corrected chi connectivity index (χ3v) is 9.16. The van der Waals surface area contributed by atoms with E-state index in [2.05, 4.69) is 15.5 Å². The second-order valence-electron chi connectivity index (χ2n) is 6.89. The molecular weight excluding hydrogens is 480 g/mol. The van der Waals surface area contributed by atoms with Crippen molar-refractivity contribution < 1.29 is 17.6 Å². The maximum Gasteiger partial charge on any atom is 0.322 e. The maximum atomic E-state index is 12.8. The van der Waals surface area contributed by atoms with Crippen LogP contribution in [0, 0.1) is 5.92 Å². The lowest BCUT2D eigenvalue weighted by Gasteiger charge is -2.30. The molecule has 1 fully saturated rings. The molecule has 164 valence electrons. The third kappa shape index (κ3) is 4.96. The molecule has 1 aliphatic rings. The van der Waals surface area contributed by atoms with Gasteiger partial charge in [-0.25, -0.2) is 8.42 Å². The van der Waals surface area contributed by atoms with Crippen LogP contribution in [-0.2, 0) is 14.8 Å². The molecule has 0 radical (unpaired) electrons. The van der Waals surface area contributed by atoms with Crippen molar-refractivity contribution in [2.45, 2.75) is 21.9 Å². The second kappa shape index (κ2) is 9.29. The number of nitrogens with zero attached hydrogens (tertiary/aromatic N) is 3. The summed E-state index contributed by atoms with van der Waals surface area (Å²) in [6, 6.07) is 10.7. The number of anilines is 1. The number of carbonyl (C=O) groups excluding carboxylic acids is 1. The topological polar surface area (TPSA) is 105 Å². The van der Waals surface area contributed by atoms with Gasteiger partial charge in [0.1, 0.15) is 4.21 Å². The number of nitrogens with one attached hydrogen (secondary N) is 1. The Morgan fingerprint density at radius 3 is 2.90 bits per heavy atom. The van der Waals surface area contributed by atoms with E-state index in [4.69, 9.17) is 16.0 Å². The molecule has 1 saturated heterocycles. The van der Waals surface area contributed by atoms with Gasteiger partial charge in [-0.3, -0.25) is 10.1 Å². The maximum absolute atomic E-state index is 12.8. The summed E-state index contributed by atoms with van der Waals surface area (Å²) in [7, 11) is -3.69. The van der Waals surface area contributed by atoms with Crippen molar-refractivity contribution in [3.63, 3.8) is 0 Å². The molecule has 0 saturated carbocycles. The molecule has 3 aromatic rings. The van der Waals surface area contributed by atoms with Gasteiger partial charge in [0.2, 0.25) is 11.8 Å². The standard InChI is InChI=1S/C19H19ClN4O4S3/c1-29-14-6-2-4-12(10-14)18-22-23-19(28-18)21-17(25)13-5-3-9-24(11-13)31(26,27)16-8-7-15(20)30-16/h2,4,6-8,10,13H,3,5,9,11H2,1H3,(H,21,23,25). The van der Waals surface area contributed by atoms with Crippen LogP contribution in [0.4, 0.5) is 6.01 Å². The summed E-state index contributed by atoms with van der Waals surface area (Å²) in [5.41, 5.74) is 0.754. The Morgan fingerprint density at radius 1 is 1.32 bits per heavy atom. The van der Waals surface area contributed by atoms with Crippen LogP contribution in [0.1, 0.15) is 12.8 Å². The molecule has 0 aliphatic carbocycles. The summed E-state index contributed by atoms with van der Waals surface area (Å²) < 4.78 is 33.2. The van der Waals surface area contributed by atoms with Crippen LogP contribution >= 0.6 is 34.7 Å². The van der Waals surface area contributed by atoms with Crippen molar-refractivity contribution in [2.75, 3.05) is 24.7 Å². The second-order valence-corrected chi connectivity index (χ2v) is 11.7. The molecule has 1 atom stereocenters. The fraction of sp³-hybridized carbons (Fsp3) is 0.316.